The van der Waals surface area contributed by atoms with Crippen LogP contribution in [0.25, 0.3) is 0 Å². The van der Waals surface area contributed by atoms with Gasteiger partial charge < -0.3 is 9.84 Å². The Labute approximate surface area is 105 Å². The first kappa shape index (κ1) is 12.7. The molecular formula is C9H7IN2O4. The minimum atomic E-state index is -0.615. The van der Waals surface area contributed by atoms with Crippen LogP contribution in [0.2, 0.25) is 0 Å². The van der Waals surface area contributed by atoms with E-state index in [-0.39, 0.29) is 30.2 Å². The van der Waals surface area contributed by atoms with Gasteiger partial charge >= 0.3 is 5.69 Å². The smallest absolute Gasteiger partial charge is 0.313 e. The molecule has 1 N–H and O–H groups in total. The first-order valence-corrected chi connectivity index (χ1v) is 5.29. The molecule has 0 radical (unpaired) electrons. The maximum Gasteiger partial charge on any atom is 0.313 e. The zero-order valence-electron chi connectivity index (χ0n) is 8.01. The van der Waals surface area contributed by atoms with Crippen LogP contribution in [-0.4, -0.2) is 23.2 Å². The van der Waals surface area contributed by atoms with Gasteiger partial charge in [0.2, 0.25) is 5.75 Å². The Morgan fingerprint density at radius 2 is 2.31 bits per heavy atom. The summed E-state index contributed by atoms with van der Waals surface area (Å²) in [6.45, 7) is -0.254. The van der Waals surface area contributed by atoms with E-state index < -0.39 is 4.92 Å². The van der Waals surface area contributed by atoms with Gasteiger partial charge in [0.15, 0.2) is 0 Å². The lowest BCUT2D eigenvalue weighted by Crippen LogP contribution is -2.05. The highest BCUT2D eigenvalue weighted by Crippen LogP contribution is 2.33. The molecule has 0 spiro atoms. The summed E-state index contributed by atoms with van der Waals surface area (Å²) < 4.78 is 5.54. The number of aliphatic hydroxyl groups excluding tert-OH is 1. The minimum absolute atomic E-state index is 0.0251. The maximum atomic E-state index is 10.8. The highest BCUT2D eigenvalue weighted by Gasteiger charge is 2.20. The van der Waals surface area contributed by atoms with Crippen molar-refractivity contribution in [2.24, 2.45) is 0 Å². The molecular weight excluding hydrogens is 327 g/mol. The molecule has 6 nitrogen and oxygen atoms in total. The summed E-state index contributed by atoms with van der Waals surface area (Å²) in [4.78, 5) is 10.1. The van der Waals surface area contributed by atoms with Crippen LogP contribution in [-0.2, 0) is 0 Å². The molecule has 0 amide bonds. The molecule has 1 rings (SSSR count). The number of nitrogens with zero attached hydrogens (tertiary/aromatic N) is 2. The number of benzene rings is 1. The first-order chi connectivity index (χ1) is 7.60. The van der Waals surface area contributed by atoms with Gasteiger partial charge in [-0.1, -0.05) is 0 Å². The van der Waals surface area contributed by atoms with Crippen LogP contribution in [0, 0.1) is 25.0 Å². The number of hydrogen-bond acceptors (Lipinski definition) is 5. The van der Waals surface area contributed by atoms with Gasteiger partial charge in [0.05, 0.1) is 26.7 Å². The van der Waals surface area contributed by atoms with E-state index in [1.807, 2.05) is 28.7 Å². The molecule has 0 atom stereocenters. The summed E-state index contributed by atoms with van der Waals surface area (Å²) in [5.74, 6) is 0.0821. The van der Waals surface area contributed by atoms with Crippen LogP contribution < -0.4 is 4.74 Å². The largest absolute Gasteiger partial charge is 0.484 e. The third kappa shape index (κ3) is 2.80. The molecule has 1 aromatic carbocycles. The molecule has 7 heteroatoms. The van der Waals surface area contributed by atoms with Crippen molar-refractivity contribution in [1.82, 2.24) is 0 Å². The zero-order chi connectivity index (χ0) is 12.1. The molecule has 0 aliphatic carbocycles. The lowest BCUT2D eigenvalue weighted by molar-refractivity contribution is -0.386. The van der Waals surface area contributed by atoms with E-state index in [1.54, 1.807) is 0 Å². The number of hydrogen-bond donors (Lipinski definition) is 1. The Kier molecular flexibility index (Phi) is 4.45. The molecule has 0 heterocycles. The van der Waals surface area contributed by atoms with E-state index in [2.05, 4.69) is 0 Å². The van der Waals surface area contributed by atoms with Crippen molar-refractivity contribution in [3.05, 3.63) is 31.4 Å². The van der Waals surface area contributed by atoms with Crippen molar-refractivity contribution in [3.8, 4) is 11.8 Å². The number of aliphatic hydroxyl groups is 1. The quantitative estimate of drug-likeness (QED) is 0.511. The average Bonchev–Trinajstić information content (AvgIpc) is 2.26. The van der Waals surface area contributed by atoms with Crippen LogP contribution in [0.1, 0.15) is 5.56 Å². The van der Waals surface area contributed by atoms with Crippen molar-refractivity contribution in [2.45, 2.75) is 0 Å². The molecule has 0 aliphatic rings. The highest BCUT2D eigenvalue weighted by molar-refractivity contribution is 14.1. The van der Waals surface area contributed by atoms with Gasteiger partial charge in [-0.15, -0.1) is 0 Å². The van der Waals surface area contributed by atoms with Gasteiger partial charge in [0.25, 0.3) is 0 Å². The van der Waals surface area contributed by atoms with Crippen LogP contribution in [0.3, 0.4) is 0 Å². The fraction of sp³-hybridized carbons (Fsp3) is 0.222. The topological polar surface area (TPSA) is 96.4 Å². The molecule has 0 unspecified atom stereocenters. The van der Waals surface area contributed by atoms with Gasteiger partial charge in [-0.25, -0.2) is 0 Å². The fourth-order valence-corrected chi connectivity index (χ4v) is 1.84. The number of nitro benzene ring substituents is 1. The Hall–Kier alpha value is -1.40. The van der Waals surface area contributed by atoms with Crippen LogP contribution in [0.15, 0.2) is 12.1 Å². The van der Waals surface area contributed by atoms with Crippen molar-refractivity contribution < 1.29 is 14.8 Å². The molecule has 16 heavy (non-hydrogen) atoms. The summed E-state index contributed by atoms with van der Waals surface area (Å²) in [7, 11) is 0. The third-order valence-corrected chi connectivity index (χ3v) is 2.49. The zero-order valence-corrected chi connectivity index (χ0v) is 10.2. The highest BCUT2D eigenvalue weighted by atomic mass is 127. The van der Waals surface area contributed by atoms with Crippen LogP contribution >= 0.6 is 22.6 Å². The second-order valence-corrected chi connectivity index (χ2v) is 3.91. The summed E-state index contributed by atoms with van der Waals surface area (Å²) in [5.41, 5.74) is -0.0654. The van der Waals surface area contributed by atoms with Gasteiger partial charge in [0, 0.05) is 6.07 Å². The molecule has 84 valence electrons. The van der Waals surface area contributed by atoms with Crippen LogP contribution in [0.5, 0.6) is 5.75 Å². The van der Waals surface area contributed by atoms with E-state index >= 15 is 0 Å². The number of rotatable bonds is 4. The lowest BCUT2D eigenvalue weighted by Gasteiger charge is -2.07. The summed E-state index contributed by atoms with van der Waals surface area (Å²) in [5, 5.41) is 28.0. The summed E-state index contributed by atoms with van der Waals surface area (Å²) >= 11 is 1.85. The first-order valence-electron chi connectivity index (χ1n) is 4.22. The van der Waals surface area contributed by atoms with Gasteiger partial charge in [-0.2, -0.15) is 5.26 Å². The fourth-order valence-electron chi connectivity index (χ4n) is 1.07. The molecule has 0 aromatic heterocycles. The predicted octanol–water partition coefficient (Wildman–Crippen LogP) is 1.44. The molecule has 0 aliphatic heterocycles. The Morgan fingerprint density at radius 1 is 1.62 bits per heavy atom. The number of nitro groups is 1. The number of nitriles is 1. The average molecular weight is 334 g/mol. The minimum Gasteiger partial charge on any atom is -0.484 e. The van der Waals surface area contributed by atoms with Crippen molar-refractivity contribution in [1.29, 1.82) is 5.26 Å². The van der Waals surface area contributed by atoms with Gasteiger partial charge in [-0.3, -0.25) is 10.1 Å². The Balaban J connectivity index is 3.24. The second kappa shape index (κ2) is 5.62. The molecule has 0 saturated carbocycles. The Bertz CT molecular complexity index is 456. The molecule has 0 bridgehead atoms. The summed E-state index contributed by atoms with van der Waals surface area (Å²) in [6.07, 6.45) is 0. The van der Waals surface area contributed by atoms with Crippen LogP contribution in [0.4, 0.5) is 5.69 Å². The SMILES string of the molecule is N#Cc1cc(I)c(OCCO)c([N+](=O)[O-])c1. The number of halogens is 1. The monoisotopic (exact) mass is 334 g/mol. The lowest BCUT2D eigenvalue weighted by atomic mass is 10.2. The van der Waals surface area contributed by atoms with Crippen molar-refractivity contribution in [3.63, 3.8) is 0 Å². The molecule has 0 fully saturated rings. The van der Waals surface area contributed by atoms with Gasteiger partial charge in [0.1, 0.15) is 6.61 Å². The van der Waals surface area contributed by atoms with E-state index in [9.17, 15) is 10.1 Å². The van der Waals surface area contributed by atoms with E-state index in [0.717, 1.165) is 6.07 Å². The standard InChI is InChI=1S/C9H7IN2O4/c10-7-3-6(5-11)4-8(12(14)15)9(7)16-2-1-13/h3-4,13H,1-2H2. The van der Waals surface area contributed by atoms with E-state index in [1.165, 1.54) is 6.07 Å². The second-order valence-electron chi connectivity index (χ2n) is 2.75. The third-order valence-electron chi connectivity index (χ3n) is 1.69. The molecule has 1 aromatic rings. The van der Waals surface area contributed by atoms with Gasteiger partial charge in [-0.05, 0) is 28.7 Å². The molecule has 0 saturated heterocycles. The number of ether oxygens (including phenoxy) is 1. The van der Waals surface area contributed by atoms with Crippen molar-refractivity contribution in [2.75, 3.05) is 13.2 Å². The van der Waals surface area contributed by atoms with E-state index in [0.29, 0.717) is 3.57 Å². The Morgan fingerprint density at radius 3 is 2.81 bits per heavy atom. The van der Waals surface area contributed by atoms with Crippen molar-refractivity contribution >= 4 is 28.3 Å². The van der Waals surface area contributed by atoms with E-state index in [4.69, 9.17) is 15.1 Å². The normalized spacial score (nSPS) is 9.56. The predicted molar refractivity (Wildman–Crippen MR) is 63.1 cm³/mol. The summed E-state index contributed by atoms with van der Waals surface area (Å²) in [6, 6.07) is 4.47. The maximum absolute atomic E-state index is 10.8.